The molecule has 2 fully saturated rings. The van der Waals surface area contributed by atoms with Gasteiger partial charge in [0.15, 0.2) is 0 Å². The first-order valence-corrected chi connectivity index (χ1v) is 7.22. The number of hydrogen-bond donors (Lipinski definition) is 2. The Morgan fingerprint density at radius 1 is 1.17 bits per heavy atom. The monoisotopic (exact) mass is 245 g/mol. The van der Waals surface area contributed by atoms with E-state index in [1.807, 2.05) is 0 Å². The van der Waals surface area contributed by atoms with Crippen molar-refractivity contribution in [3.05, 3.63) is 35.9 Å². The molecule has 2 atom stereocenters. The van der Waals surface area contributed by atoms with E-state index in [1.165, 1.54) is 31.2 Å². The molecule has 0 heterocycles. The molecule has 0 spiro atoms. The van der Waals surface area contributed by atoms with E-state index in [2.05, 4.69) is 35.6 Å². The van der Waals surface area contributed by atoms with Gasteiger partial charge in [0.1, 0.15) is 0 Å². The molecular weight excluding hydrogens is 222 g/mol. The van der Waals surface area contributed by atoms with Crippen LogP contribution < -0.4 is 5.32 Å². The summed E-state index contributed by atoms with van der Waals surface area (Å²) in [5, 5.41) is 13.0. The lowest BCUT2D eigenvalue weighted by molar-refractivity contribution is 0.217. The maximum atomic E-state index is 9.36. The summed E-state index contributed by atoms with van der Waals surface area (Å²) in [6, 6.07) is 11.4. The molecule has 0 aliphatic heterocycles. The summed E-state index contributed by atoms with van der Waals surface area (Å²) in [5.74, 6) is 0.819. The lowest BCUT2D eigenvalue weighted by atomic mass is 9.98. The molecule has 0 aromatic heterocycles. The van der Waals surface area contributed by atoms with E-state index in [0.29, 0.717) is 12.6 Å². The molecule has 2 heteroatoms. The number of aliphatic hydroxyl groups is 1. The fourth-order valence-corrected chi connectivity index (χ4v) is 3.27. The third-order valence-corrected chi connectivity index (χ3v) is 4.57. The van der Waals surface area contributed by atoms with Crippen molar-refractivity contribution in [3.63, 3.8) is 0 Å². The van der Waals surface area contributed by atoms with Crippen LogP contribution in [-0.4, -0.2) is 23.3 Å². The molecule has 18 heavy (non-hydrogen) atoms. The molecule has 2 nitrogen and oxygen atoms in total. The van der Waals surface area contributed by atoms with Crippen LogP contribution >= 0.6 is 0 Å². The van der Waals surface area contributed by atoms with Crippen molar-refractivity contribution in [2.45, 2.75) is 50.1 Å². The smallest absolute Gasteiger partial charge is 0.0613 e. The van der Waals surface area contributed by atoms with Crippen molar-refractivity contribution < 1.29 is 5.11 Å². The summed E-state index contributed by atoms with van der Waals surface area (Å²) in [6.45, 7) is 0.312. The Balaban J connectivity index is 1.50. The normalized spacial score (nSPS) is 29.4. The van der Waals surface area contributed by atoms with E-state index < -0.39 is 0 Å². The van der Waals surface area contributed by atoms with Crippen LogP contribution in [0.2, 0.25) is 0 Å². The molecule has 0 amide bonds. The lowest BCUT2D eigenvalue weighted by Gasteiger charge is -2.20. The highest BCUT2D eigenvalue weighted by Gasteiger charge is 2.44. The summed E-state index contributed by atoms with van der Waals surface area (Å²) < 4.78 is 0. The Bertz CT molecular complexity index is 385. The molecule has 0 saturated heterocycles. The lowest BCUT2D eigenvalue weighted by Crippen LogP contribution is -2.41. The molecule has 0 unspecified atom stereocenters. The molecule has 1 aromatic rings. The van der Waals surface area contributed by atoms with Crippen LogP contribution in [-0.2, 0) is 6.42 Å². The number of rotatable bonds is 5. The van der Waals surface area contributed by atoms with Crippen LogP contribution in [0.25, 0.3) is 0 Å². The topological polar surface area (TPSA) is 32.3 Å². The molecule has 0 radical (unpaired) electrons. The minimum absolute atomic E-state index is 0.103. The number of hydrogen-bond acceptors (Lipinski definition) is 2. The molecule has 2 aliphatic carbocycles. The zero-order chi connectivity index (χ0) is 12.4. The van der Waals surface area contributed by atoms with Crippen molar-refractivity contribution in [1.29, 1.82) is 0 Å². The Labute approximate surface area is 109 Å². The second-order valence-electron chi connectivity index (χ2n) is 6.15. The van der Waals surface area contributed by atoms with Gasteiger partial charge in [0.2, 0.25) is 0 Å². The summed E-state index contributed by atoms with van der Waals surface area (Å²) >= 11 is 0. The zero-order valence-electron chi connectivity index (χ0n) is 10.9. The van der Waals surface area contributed by atoms with E-state index in [9.17, 15) is 5.11 Å². The quantitative estimate of drug-likeness (QED) is 0.835. The van der Waals surface area contributed by atoms with Gasteiger partial charge in [0.25, 0.3) is 0 Å². The molecular formula is C16H23NO. The Morgan fingerprint density at radius 3 is 2.61 bits per heavy atom. The summed E-state index contributed by atoms with van der Waals surface area (Å²) in [5.41, 5.74) is 1.57. The first-order chi connectivity index (χ1) is 8.80. The molecule has 98 valence electrons. The average molecular weight is 245 g/mol. The van der Waals surface area contributed by atoms with E-state index in [1.54, 1.807) is 0 Å². The third-order valence-electron chi connectivity index (χ3n) is 4.57. The fourth-order valence-electron chi connectivity index (χ4n) is 3.27. The van der Waals surface area contributed by atoms with Crippen LogP contribution in [0.5, 0.6) is 0 Å². The predicted molar refractivity (Wildman–Crippen MR) is 73.5 cm³/mol. The van der Waals surface area contributed by atoms with Gasteiger partial charge in [-0.2, -0.15) is 0 Å². The van der Waals surface area contributed by atoms with Crippen LogP contribution in [0.15, 0.2) is 30.3 Å². The Hall–Kier alpha value is -0.860. The first-order valence-electron chi connectivity index (χ1n) is 7.22. The summed E-state index contributed by atoms with van der Waals surface area (Å²) in [4.78, 5) is 0. The maximum absolute atomic E-state index is 9.36. The van der Waals surface area contributed by atoms with Gasteiger partial charge in [-0.1, -0.05) is 30.3 Å². The van der Waals surface area contributed by atoms with Crippen LogP contribution in [0.3, 0.4) is 0 Å². The van der Waals surface area contributed by atoms with Gasteiger partial charge in [-0.25, -0.2) is 0 Å². The molecule has 1 aromatic carbocycles. The van der Waals surface area contributed by atoms with Gasteiger partial charge in [-0.3, -0.25) is 0 Å². The van der Waals surface area contributed by atoms with E-state index in [-0.39, 0.29) is 5.54 Å². The van der Waals surface area contributed by atoms with Crippen molar-refractivity contribution in [2.75, 3.05) is 6.61 Å². The van der Waals surface area contributed by atoms with Gasteiger partial charge in [0, 0.05) is 11.6 Å². The van der Waals surface area contributed by atoms with Crippen LogP contribution in [0.1, 0.15) is 37.7 Å². The fraction of sp³-hybridized carbons (Fsp3) is 0.625. The van der Waals surface area contributed by atoms with Crippen molar-refractivity contribution >= 4 is 0 Å². The minimum atomic E-state index is 0.103. The molecule has 3 rings (SSSR count). The van der Waals surface area contributed by atoms with Gasteiger partial charge in [-0.05, 0) is 50.0 Å². The molecule has 0 bridgehead atoms. The van der Waals surface area contributed by atoms with Crippen molar-refractivity contribution in [2.24, 2.45) is 5.92 Å². The summed E-state index contributed by atoms with van der Waals surface area (Å²) in [6.07, 6.45) is 7.40. The predicted octanol–water partition coefficient (Wildman–Crippen LogP) is 2.51. The molecule has 2 saturated carbocycles. The summed E-state index contributed by atoms with van der Waals surface area (Å²) in [7, 11) is 0. The highest BCUT2D eigenvalue weighted by molar-refractivity contribution is 5.15. The molecule has 2 N–H and O–H groups in total. The first kappa shape index (κ1) is 12.2. The second kappa shape index (κ2) is 5.02. The van der Waals surface area contributed by atoms with Crippen LogP contribution in [0, 0.1) is 5.92 Å². The van der Waals surface area contributed by atoms with Crippen molar-refractivity contribution in [3.8, 4) is 0 Å². The standard InChI is InChI=1S/C16H23NO/c18-12-16(8-9-16)17-15-7-6-14(11-15)10-13-4-2-1-3-5-13/h1-5,14-15,17-18H,6-12H2/t14-,15+/m1/s1. The van der Waals surface area contributed by atoms with Gasteiger partial charge >= 0.3 is 0 Å². The maximum Gasteiger partial charge on any atom is 0.0613 e. The number of benzene rings is 1. The van der Waals surface area contributed by atoms with Crippen LogP contribution in [0.4, 0.5) is 0 Å². The average Bonchev–Trinajstić information content (AvgIpc) is 3.04. The van der Waals surface area contributed by atoms with E-state index in [4.69, 9.17) is 0 Å². The minimum Gasteiger partial charge on any atom is -0.394 e. The van der Waals surface area contributed by atoms with E-state index >= 15 is 0 Å². The van der Waals surface area contributed by atoms with Gasteiger partial charge in [0.05, 0.1) is 6.61 Å². The number of nitrogens with one attached hydrogen (secondary N) is 1. The highest BCUT2D eigenvalue weighted by atomic mass is 16.3. The Kier molecular flexibility index (Phi) is 3.40. The van der Waals surface area contributed by atoms with Crippen molar-refractivity contribution in [1.82, 2.24) is 5.32 Å². The largest absolute Gasteiger partial charge is 0.394 e. The number of aliphatic hydroxyl groups excluding tert-OH is 1. The SMILES string of the molecule is OCC1(N[C@H]2CC[C@H](Cc3ccccc3)C2)CC1. The molecule has 2 aliphatic rings. The van der Waals surface area contributed by atoms with Gasteiger partial charge in [-0.15, -0.1) is 0 Å². The van der Waals surface area contributed by atoms with E-state index in [0.717, 1.165) is 18.8 Å². The third kappa shape index (κ3) is 2.76. The highest BCUT2D eigenvalue weighted by Crippen LogP contribution is 2.38. The second-order valence-corrected chi connectivity index (χ2v) is 6.15. The zero-order valence-corrected chi connectivity index (χ0v) is 10.9. The Morgan fingerprint density at radius 2 is 1.94 bits per heavy atom. The van der Waals surface area contributed by atoms with Gasteiger partial charge < -0.3 is 10.4 Å².